The lowest BCUT2D eigenvalue weighted by molar-refractivity contribution is -0.660. The van der Waals surface area contributed by atoms with Gasteiger partial charge in [-0.1, -0.05) is 184 Å². The lowest BCUT2D eigenvalue weighted by Crippen LogP contribution is -2.30. The summed E-state index contributed by atoms with van der Waals surface area (Å²) >= 11 is 0. The van der Waals surface area contributed by atoms with E-state index in [2.05, 4.69) is 188 Å². The normalized spacial score (nSPS) is 8.56. The minimum absolute atomic E-state index is 0.989. The molecule has 588 valence electrons. The van der Waals surface area contributed by atoms with E-state index in [0.29, 0.717) is 0 Å². The molecule has 11 heterocycles. The third kappa shape index (κ3) is 40.5. The highest BCUT2D eigenvalue weighted by Gasteiger charge is 2.16. The number of hydrogen-bond donors (Lipinski definition) is 0. The average molecular weight is 1470 g/mol. The highest BCUT2D eigenvalue weighted by Crippen LogP contribution is 2.22. The molecule has 11 aromatic heterocycles. The number of rotatable bonds is 6. The fourth-order valence-corrected chi connectivity index (χ4v) is 9.20. The van der Waals surface area contributed by atoms with Crippen molar-refractivity contribution < 1.29 is 27.4 Å². The summed E-state index contributed by atoms with van der Waals surface area (Å²) in [5, 5.41) is 0. The molecule has 0 aliphatic carbocycles. The zero-order chi connectivity index (χ0) is 83.8. The van der Waals surface area contributed by atoms with E-state index in [1.54, 1.807) is 12.7 Å². The first-order valence-corrected chi connectivity index (χ1v) is 39.7. The lowest BCUT2D eigenvalue weighted by atomic mass is 10.1. The molecule has 12 aromatic rings. The third-order valence-electron chi connectivity index (χ3n) is 14.0. The van der Waals surface area contributed by atoms with E-state index in [0.717, 1.165) is 39.6 Å². The van der Waals surface area contributed by atoms with Crippen molar-refractivity contribution in [2.45, 2.75) is 208 Å². The molecule has 0 aliphatic rings. The molecule has 0 radical (unpaired) electrons. The van der Waals surface area contributed by atoms with E-state index in [4.69, 9.17) is 0 Å². The number of pyridine rings is 9. The van der Waals surface area contributed by atoms with Gasteiger partial charge in [0.2, 0.25) is 34.2 Å². The van der Waals surface area contributed by atoms with Crippen LogP contribution in [0.3, 0.4) is 0 Å². The number of benzene rings is 1. The first kappa shape index (κ1) is 109. The van der Waals surface area contributed by atoms with E-state index in [1.165, 1.54) is 61.7 Å². The molecule has 1 aromatic carbocycles. The Bertz CT molecular complexity index is 3120. The second-order valence-corrected chi connectivity index (χ2v) is 20.1. The van der Waals surface area contributed by atoms with Crippen LogP contribution in [0.5, 0.6) is 0 Å². The van der Waals surface area contributed by atoms with E-state index in [1.807, 2.05) is 362 Å². The van der Waals surface area contributed by atoms with Crippen LogP contribution in [-0.4, -0.2) is 34.9 Å². The van der Waals surface area contributed by atoms with Gasteiger partial charge in [0.25, 0.3) is 0 Å². The van der Waals surface area contributed by atoms with Crippen LogP contribution in [-0.2, 0) is 42.3 Å². The van der Waals surface area contributed by atoms with E-state index < -0.39 is 0 Å². The van der Waals surface area contributed by atoms with Crippen molar-refractivity contribution in [2.24, 2.45) is 42.3 Å². The number of nitrogens with zero attached hydrogens (tertiary/aromatic N) is 13. The highest BCUT2D eigenvalue weighted by atomic mass is 15.0. The fraction of sp³-hybridized carbons (Fsp3) is 0.379. The van der Waals surface area contributed by atoms with Gasteiger partial charge in [-0.25, -0.2) is 42.8 Å². The number of hydrogen-bond acceptors (Lipinski definition) is 7. The van der Waals surface area contributed by atoms with Gasteiger partial charge in [-0.3, -0.25) is 15.0 Å². The summed E-state index contributed by atoms with van der Waals surface area (Å²) < 4.78 is 12.6. The van der Waals surface area contributed by atoms with Crippen LogP contribution in [0, 0.1) is 41.5 Å². The van der Waals surface area contributed by atoms with Gasteiger partial charge in [0.1, 0.15) is 60.6 Å². The number of aromatic nitrogens is 13. The predicted octanol–water partition coefficient (Wildman–Crippen LogP) is 23.0. The molecule has 0 saturated heterocycles. The summed E-state index contributed by atoms with van der Waals surface area (Å²) in [6, 6.07) is 53.5. The van der Waals surface area contributed by atoms with Crippen molar-refractivity contribution in [3.05, 3.63) is 285 Å². The molecular formula is C95H149N13+6. The standard InChI is InChI=1S/C13H14N.3C12H13N2.2C11H12N3.12C2H6/c1-11-7-3-4-8-12(11)13-9-5-6-10-14(13)2;1-10-11(6-5-8-13-10)12-7-3-4-9-14(12)2;1-10-9-13-7-6-11(10)12-5-3-4-8-14(12)2;1-10-6-7-13-9-11(10)12-5-3-4-8-14(12)2;1-9-10(7-12-8-13-9)11-5-3-4-6-14(11)2;1-9-7-12-8-13-11(9)10-5-3-4-6-14(10)2;12*1-2/h3-10H,1-2H3;3*3-9H,1-2H3;2*3-8H,1-2H3;12*1-2H3/q6*+1;;;;;;;;;;;;. The molecule has 0 fully saturated rings. The van der Waals surface area contributed by atoms with E-state index in [9.17, 15) is 0 Å². The first-order valence-electron chi connectivity index (χ1n) is 39.7. The Kier molecular flexibility index (Phi) is 74.1. The summed E-state index contributed by atoms with van der Waals surface area (Å²) in [7, 11) is 12.2. The van der Waals surface area contributed by atoms with Crippen LogP contribution >= 0.6 is 0 Å². The maximum atomic E-state index is 4.28. The molecule has 0 aliphatic heterocycles. The highest BCUT2D eigenvalue weighted by molar-refractivity contribution is 5.62. The molecule has 13 nitrogen and oxygen atoms in total. The van der Waals surface area contributed by atoms with Crippen molar-refractivity contribution in [1.82, 2.24) is 34.9 Å². The Morgan fingerprint density at radius 3 is 0.861 bits per heavy atom. The van der Waals surface area contributed by atoms with Gasteiger partial charge in [-0.05, 0) is 131 Å². The van der Waals surface area contributed by atoms with Crippen LogP contribution in [0.2, 0.25) is 0 Å². The van der Waals surface area contributed by atoms with Crippen molar-refractivity contribution in [1.29, 1.82) is 0 Å². The molecule has 0 spiro atoms. The first-order chi connectivity index (χ1) is 52.7. The van der Waals surface area contributed by atoms with Crippen LogP contribution in [0.25, 0.3) is 67.7 Å². The second-order valence-electron chi connectivity index (χ2n) is 20.1. The van der Waals surface area contributed by atoms with Crippen LogP contribution in [0.4, 0.5) is 0 Å². The van der Waals surface area contributed by atoms with Gasteiger partial charge < -0.3 is 0 Å². The molecule has 0 unspecified atom stereocenters. The zero-order valence-corrected chi connectivity index (χ0v) is 74.5. The van der Waals surface area contributed by atoms with Crippen LogP contribution in [0.15, 0.2) is 251 Å². The molecule has 13 heteroatoms. The SMILES string of the molecule is CC.CC.CC.CC.CC.CC.CC.CC.CC.CC.CC.CC.Cc1ccccc1-c1cccc[n+]1C.Cc1ccncc1-c1cccc[n+]1C.Cc1cnccc1-c1cccc[n+]1C.Cc1cncnc1-c1cccc[n+]1C.Cc1ncccc1-c1cccc[n+]1C.Cc1ncncc1-c1cccc[n+]1C. The minimum Gasteiger partial charge on any atom is -0.264 e. The molecule has 0 saturated carbocycles. The van der Waals surface area contributed by atoms with Crippen molar-refractivity contribution in [3.63, 3.8) is 0 Å². The quantitative estimate of drug-likeness (QED) is 0.152. The Morgan fingerprint density at radius 2 is 0.491 bits per heavy atom. The Hall–Kier alpha value is -10.3. The van der Waals surface area contributed by atoms with Gasteiger partial charge >= 0.3 is 0 Å². The Balaban J connectivity index is -0.000000273. The second kappa shape index (κ2) is 73.6. The number of aryl methyl sites for hydroxylation is 12. The van der Waals surface area contributed by atoms with Crippen LogP contribution in [0.1, 0.15) is 200 Å². The van der Waals surface area contributed by atoms with Crippen molar-refractivity contribution >= 4 is 0 Å². The maximum absolute atomic E-state index is 4.28. The topological polar surface area (TPSA) is 114 Å². The molecule has 0 N–H and O–H groups in total. The molecular weight excluding hydrogens is 1320 g/mol. The lowest BCUT2D eigenvalue weighted by Gasteiger charge is -2.02. The third-order valence-corrected chi connectivity index (χ3v) is 14.0. The molecule has 0 bridgehead atoms. The Morgan fingerprint density at radius 1 is 0.204 bits per heavy atom. The van der Waals surface area contributed by atoms with Crippen molar-refractivity contribution in [3.8, 4) is 67.7 Å². The van der Waals surface area contributed by atoms with E-state index in [-0.39, 0.29) is 0 Å². The maximum Gasteiger partial charge on any atom is 0.231 e. The zero-order valence-electron chi connectivity index (χ0n) is 74.5. The van der Waals surface area contributed by atoms with E-state index >= 15 is 0 Å². The summed E-state index contributed by atoms with van der Waals surface area (Å²) in [4.78, 5) is 29.0. The fourth-order valence-electron chi connectivity index (χ4n) is 9.20. The summed E-state index contributed by atoms with van der Waals surface area (Å²) in [6.07, 6.45) is 28.3. The largest absolute Gasteiger partial charge is 0.264 e. The van der Waals surface area contributed by atoms with Gasteiger partial charge in [-0.2, -0.15) is 4.57 Å². The Labute approximate surface area is 660 Å². The minimum atomic E-state index is 0.989. The predicted molar refractivity (Wildman–Crippen MR) is 467 cm³/mol. The summed E-state index contributed by atoms with van der Waals surface area (Å²) in [5.41, 5.74) is 21.0. The summed E-state index contributed by atoms with van der Waals surface area (Å²) in [6.45, 7) is 60.4. The monoisotopic (exact) mass is 1470 g/mol. The average Bonchev–Trinajstić information content (AvgIpc) is 0.883. The van der Waals surface area contributed by atoms with Crippen LogP contribution < -0.4 is 27.4 Å². The molecule has 108 heavy (non-hydrogen) atoms. The molecule has 0 amide bonds. The van der Waals surface area contributed by atoms with Gasteiger partial charge in [-0.15, -0.1) is 0 Å². The van der Waals surface area contributed by atoms with Gasteiger partial charge in [0, 0.05) is 122 Å². The molecule has 12 rings (SSSR count). The van der Waals surface area contributed by atoms with Crippen molar-refractivity contribution in [2.75, 3.05) is 0 Å². The summed E-state index contributed by atoms with van der Waals surface area (Å²) in [5.74, 6) is 0. The van der Waals surface area contributed by atoms with Gasteiger partial charge in [0.05, 0.1) is 33.6 Å². The van der Waals surface area contributed by atoms with Gasteiger partial charge in [0.15, 0.2) is 37.2 Å². The molecule has 0 atom stereocenters. The smallest absolute Gasteiger partial charge is 0.231 e.